The quantitative estimate of drug-likeness (QED) is 0.667. The molecule has 0 aromatic heterocycles. The summed E-state index contributed by atoms with van der Waals surface area (Å²) in [6, 6.07) is 15.8. The molecule has 26 heavy (non-hydrogen) atoms. The third kappa shape index (κ3) is 5.30. The van der Waals surface area contributed by atoms with Gasteiger partial charge in [0.05, 0.1) is 0 Å². The van der Waals surface area contributed by atoms with Gasteiger partial charge in [0.25, 0.3) is 0 Å². The molecule has 0 aliphatic heterocycles. The lowest BCUT2D eigenvalue weighted by Crippen LogP contribution is -2.30. The Bertz CT molecular complexity index is 756. The highest BCUT2D eigenvalue weighted by molar-refractivity contribution is 5.85. The van der Waals surface area contributed by atoms with E-state index in [0.717, 1.165) is 16.7 Å². The van der Waals surface area contributed by atoms with E-state index in [1.54, 1.807) is 0 Å². The summed E-state index contributed by atoms with van der Waals surface area (Å²) in [6.07, 6.45) is 2.33. The van der Waals surface area contributed by atoms with Gasteiger partial charge in [0.2, 0.25) is 0 Å². The Morgan fingerprint density at radius 2 is 1.38 bits per heavy atom. The minimum absolute atomic E-state index is 0.294. The van der Waals surface area contributed by atoms with Gasteiger partial charge in [-0.1, -0.05) is 82.3 Å². The Hall–Kier alpha value is -2.39. The molecule has 0 amide bonds. The molecule has 0 fully saturated rings. The monoisotopic (exact) mass is 351 g/mol. The molecule has 2 aromatic carbocycles. The number of benzene rings is 2. The summed E-state index contributed by atoms with van der Waals surface area (Å²) in [4.78, 5) is 11.2. The van der Waals surface area contributed by atoms with Gasteiger partial charge in [-0.15, -0.1) is 0 Å². The van der Waals surface area contributed by atoms with Crippen molar-refractivity contribution in [3.8, 4) is 0 Å². The van der Waals surface area contributed by atoms with Crippen molar-refractivity contribution >= 4 is 17.6 Å². The largest absolute Gasteiger partial charge is 0.480 e. The number of carbonyl (C=O) groups is 1. The van der Waals surface area contributed by atoms with E-state index in [0.29, 0.717) is 18.3 Å². The number of rotatable bonds is 7. The highest BCUT2D eigenvalue weighted by Gasteiger charge is 2.15. The predicted molar refractivity (Wildman–Crippen MR) is 109 cm³/mol. The van der Waals surface area contributed by atoms with Gasteiger partial charge in [0.15, 0.2) is 0 Å². The first-order chi connectivity index (χ1) is 12.3. The first kappa shape index (κ1) is 19.9. The molecule has 0 bridgehead atoms. The molecule has 3 nitrogen and oxygen atoms in total. The van der Waals surface area contributed by atoms with Gasteiger partial charge >= 0.3 is 5.97 Å². The summed E-state index contributed by atoms with van der Waals surface area (Å²) >= 11 is 0. The van der Waals surface area contributed by atoms with Gasteiger partial charge in [-0.2, -0.15) is 0 Å². The molecule has 2 aromatic rings. The van der Waals surface area contributed by atoms with Crippen LogP contribution in [0.15, 0.2) is 48.5 Å². The normalized spacial score (nSPS) is 13.3. The summed E-state index contributed by atoms with van der Waals surface area (Å²) in [6.45, 7) is 8.64. The Labute approximate surface area is 156 Å². The van der Waals surface area contributed by atoms with E-state index in [4.69, 9.17) is 5.73 Å². The van der Waals surface area contributed by atoms with E-state index < -0.39 is 12.0 Å². The van der Waals surface area contributed by atoms with Crippen molar-refractivity contribution in [2.45, 2.75) is 52.0 Å². The van der Waals surface area contributed by atoms with E-state index in [2.05, 4.69) is 76.2 Å². The van der Waals surface area contributed by atoms with Crippen LogP contribution in [0.2, 0.25) is 0 Å². The van der Waals surface area contributed by atoms with Crippen LogP contribution in [0.1, 0.15) is 68.2 Å². The molecule has 0 saturated heterocycles. The first-order valence-electron chi connectivity index (χ1n) is 9.17. The van der Waals surface area contributed by atoms with Crippen LogP contribution in [0.3, 0.4) is 0 Å². The van der Waals surface area contributed by atoms with Gasteiger partial charge in [-0.3, -0.25) is 4.79 Å². The zero-order chi connectivity index (χ0) is 19.3. The van der Waals surface area contributed by atoms with E-state index in [1.807, 2.05) is 6.08 Å². The van der Waals surface area contributed by atoms with Crippen LogP contribution in [-0.4, -0.2) is 17.1 Å². The van der Waals surface area contributed by atoms with E-state index in [9.17, 15) is 9.90 Å². The van der Waals surface area contributed by atoms with Crippen LogP contribution >= 0.6 is 0 Å². The summed E-state index contributed by atoms with van der Waals surface area (Å²) in [5, 5.41) is 9.21. The topological polar surface area (TPSA) is 63.3 Å². The maximum absolute atomic E-state index is 11.2. The lowest BCUT2D eigenvalue weighted by molar-refractivity contribution is -0.138. The minimum Gasteiger partial charge on any atom is -0.480 e. The summed E-state index contributed by atoms with van der Waals surface area (Å²) in [5.41, 5.74) is 11.4. The molecular formula is C23H29NO2. The van der Waals surface area contributed by atoms with Crippen molar-refractivity contribution < 1.29 is 9.90 Å². The van der Waals surface area contributed by atoms with Gasteiger partial charge in [0.1, 0.15) is 6.04 Å². The van der Waals surface area contributed by atoms with E-state index >= 15 is 0 Å². The molecule has 0 heterocycles. The molecular weight excluding hydrogens is 322 g/mol. The van der Waals surface area contributed by atoms with Crippen molar-refractivity contribution in [3.63, 3.8) is 0 Å². The van der Waals surface area contributed by atoms with Crippen molar-refractivity contribution in [1.29, 1.82) is 0 Å². The SMILES string of the molecule is CC(C)c1ccc(/C=C(/CC(N)C(=O)O)c2ccc(C(C)C)cc2)cc1. The van der Waals surface area contributed by atoms with Crippen LogP contribution < -0.4 is 5.73 Å². The van der Waals surface area contributed by atoms with Gasteiger partial charge in [-0.05, 0) is 46.1 Å². The van der Waals surface area contributed by atoms with E-state index in [-0.39, 0.29) is 0 Å². The van der Waals surface area contributed by atoms with Crippen molar-refractivity contribution in [3.05, 3.63) is 70.8 Å². The standard InChI is InChI=1S/C23H29NO2/c1-15(2)18-7-5-17(6-8-18)13-21(14-22(24)23(25)26)20-11-9-19(10-12-20)16(3)4/h5-13,15-16,22H,14,24H2,1-4H3,(H,25,26)/b21-13-. The van der Waals surface area contributed by atoms with Crippen LogP contribution in [0, 0.1) is 0 Å². The Morgan fingerprint density at radius 3 is 1.81 bits per heavy atom. The maximum atomic E-state index is 11.2. The van der Waals surface area contributed by atoms with Crippen LogP contribution in [0.5, 0.6) is 0 Å². The van der Waals surface area contributed by atoms with E-state index in [1.165, 1.54) is 11.1 Å². The number of carboxylic acids is 1. The van der Waals surface area contributed by atoms with Crippen LogP contribution in [0.25, 0.3) is 11.6 Å². The molecule has 1 atom stereocenters. The molecule has 1 unspecified atom stereocenters. The molecule has 0 radical (unpaired) electrons. The number of hydrogen-bond acceptors (Lipinski definition) is 2. The number of carboxylic acid groups (broad SMARTS) is 1. The fourth-order valence-electron chi connectivity index (χ4n) is 2.84. The zero-order valence-electron chi connectivity index (χ0n) is 16.1. The second-order valence-corrected chi connectivity index (χ2v) is 7.42. The first-order valence-corrected chi connectivity index (χ1v) is 9.17. The van der Waals surface area contributed by atoms with Crippen LogP contribution in [-0.2, 0) is 4.79 Å². The van der Waals surface area contributed by atoms with Crippen LogP contribution in [0.4, 0.5) is 0 Å². The Kier molecular flexibility index (Phi) is 6.76. The van der Waals surface area contributed by atoms with Gasteiger partial charge in [0, 0.05) is 0 Å². The summed E-state index contributed by atoms with van der Waals surface area (Å²) in [5.74, 6) is -0.0392. The summed E-state index contributed by atoms with van der Waals surface area (Å²) < 4.78 is 0. The lowest BCUT2D eigenvalue weighted by Gasteiger charge is -2.14. The fourth-order valence-corrected chi connectivity index (χ4v) is 2.84. The third-order valence-electron chi connectivity index (χ3n) is 4.65. The molecule has 138 valence electrons. The highest BCUT2D eigenvalue weighted by Crippen LogP contribution is 2.26. The zero-order valence-corrected chi connectivity index (χ0v) is 16.1. The van der Waals surface area contributed by atoms with Crippen molar-refractivity contribution in [1.82, 2.24) is 0 Å². The second-order valence-electron chi connectivity index (χ2n) is 7.42. The molecule has 2 rings (SSSR count). The maximum Gasteiger partial charge on any atom is 0.320 e. The average Bonchev–Trinajstić information content (AvgIpc) is 2.61. The predicted octanol–water partition coefficient (Wildman–Crippen LogP) is 5.28. The minimum atomic E-state index is -0.982. The summed E-state index contributed by atoms with van der Waals surface area (Å²) in [7, 11) is 0. The van der Waals surface area contributed by atoms with Gasteiger partial charge in [-0.25, -0.2) is 0 Å². The lowest BCUT2D eigenvalue weighted by atomic mass is 9.93. The Morgan fingerprint density at radius 1 is 0.923 bits per heavy atom. The number of hydrogen-bond donors (Lipinski definition) is 2. The molecule has 0 spiro atoms. The van der Waals surface area contributed by atoms with Gasteiger partial charge < -0.3 is 10.8 Å². The molecule has 3 N–H and O–H groups in total. The third-order valence-corrected chi connectivity index (χ3v) is 4.65. The molecule has 3 heteroatoms. The Balaban J connectivity index is 2.37. The molecule has 0 aliphatic carbocycles. The molecule has 0 aliphatic rings. The fraction of sp³-hybridized carbons (Fsp3) is 0.348. The number of nitrogens with two attached hydrogens (primary N) is 1. The second kappa shape index (κ2) is 8.81. The smallest absolute Gasteiger partial charge is 0.320 e. The average molecular weight is 351 g/mol. The van der Waals surface area contributed by atoms with Crippen molar-refractivity contribution in [2.24, 2.45) is 5.73 Å². The number of aliphatic carboxylic acids is 1. The van der Waals surface area contributed by atoms with Crippen molar-refractivity contribution in [2.75, 3.05) is 0 Å². The highest BCUT2D eigenvalue weighted by atomic mass is 16.4. The molecule has 0 saturated carbocycles.